The number of para-hydroxylation sites is 1. The summed E-state index contributed by atoms with van der Waals surface area (Å²) in [6, 6.07) is 30.8. The fraction of sp³-hybridized carbons (Fsp3) is 0.257. The van der Waals surface area contributed by atoms with Crippen molar-refractivity contribution < 1.29 is 4.39 Å². The number of fused-ring (bicyclic) bond motifs is 1. The Balaban J connectivity index is 1.73. The first kappa shape index (κ1) is 27.2. The Bertz CT molecular complexity index is 1570. The molecule has 0 radical (unpaired) electrons. The number of anilines is 3. The van der Waals surface area contributed by atoms with E-state index in [4.69, 9.17) is 0 Å². The van der Waals surface area contributed by atoms with E-state index in [0.717, 1.165) is 43.8 Å². The molecule has 0 aliphatic rings. The fourth-order valence-electron chi connectivity index (χ4n) is 5.15. The predicted molar refractivity (Wildman–Crippen MR) is 168 cm³/mol. The lowest BCUT2D eigenvalue weighted by Gasteiger charge is -2.29. The number of benzene rings is 4. The van der Waals surface area contributed by atoms with Gasteiger partial charge in [-0.1, -0.05) is 84.0 Å². The molecule has 1 aromatic heterocycles. The Kier molecular flexibility index (Phi) is 6.97. The van der Waals surface area contributed by atoms with Crippen molar-refractivity contribution in [3.8, 4) is 5.69 Å². The topological polar surface area (TPSA) is 8.17 Å². The van der Waals surface area contributed by atoms with Gasteiger partial charge in [-0.3, -0.25) is 0 Å². The lowest BCUT2D eigenvalue weighted by atomic mass is 9.86. The molecule has 2 nitrogen and oxygen atoms in total. The van der Waals surface area contributed by atoms with Crippen LogP contribution in [-0.2, 0) is 10.8 Å². The third-order valence-corrected chi connectivity index (χ3v) is 8.17. The van der Waals surface area contributed by atoms with E-state index >= 15 is 4.39 Å². The van der Waals surface area contributed by atoms with Crippen LogP contribution in [0.25, 0.3) is 16.6 Å². The van der Waals surface area contributed by atoms with Crippen LogP contribution < -0.4 is 4.90 Å². The van der Waals surface area contributed by atoms with E-state index in [2.05, 4.69) is 141 Å². The number of hydrogen-bond donors (Lipinski definition) is 0. The molecule has 0 bridgehead atoms. The van der Waals surface area contributed by atoms with Gasteiger partial charge in [-0.05, 0) is 93.3 Å². The van der Waals surface area contributed by atoms with Crippen LogP contribution in [-0.4, -0.2) is 4.57 Å². The highest BCUT2D eigenvalue weighted by Crippen LogP contribution is 2.43. The van der Waals surface area contributed by atoms with E-state index in [0.29, 0.717) is 0 Å². The molecule has 0 N–H and O–H groups in total. The van der Waals surface area contributed by atoms with Crippen LogP contribution in [0.5, 0.6) is 0 Å². The van der Waals surface area contributed by atoms with Gasteiger partial charge in [0, 0.05) is 22.5 Å². The van der Waals surface area contributed by atoms with Gasteiger partial charge in [-0.25, -0.2) is 4.39 Å². The Morgan fingerprint density at radius 2 is 1.21 bits per heavy atom. The molecular weight excluding hydrogens is 547 g/mol. The predicted octanol–water partition coefficient (Wildman–Crippen LogP) is 10.9. The molecule has 0 atom stereocenters. The van der Waals surface area contributed by atoms with Gasteiger partial charge >= 0.3 is 0 Å². The van der Waals surface area contributed by atoms with Crippen molar-refractivity contribution in [1.82, 2.24) is 4.57 Å². The largest absolute Gasteiger partial charge is 0.313 e. The first-order chi connectivity index (χ1) is 18.3. The van der Waals surface area contributed by atoms with E-state index in [9.17, 15) is 0 Å². The lowest BCUT2D eigenvalue weighted by molar-refractivity contribution is 0.590. The highest BCUT2D eigenvalue weighted by atomic mass is 79.9. The number of aromatic nitrogens is 1. The van der Waals surface area contributed by atoms with Crippen molar-refractivity contribution in [1.29, 1.82) is 0 Å². The van der Waals surface area contributed by atoms with Gasteiger partial charge in [0.05, 0.1) is 21.4 Å². The fourth-order valence-corrected chi connectivity index (χ4v) is 5.73. The van der Waals surface area contributed by atoms with E-state index in [1.54, 1.807) is 12.1 Å². The molecule has 0 aliphatic heterocycles. The molecule has 200 valence electrons. The minimum absolute atomic E-state index is 0.0390. The molecule has 1 heterocycles. The molecule has 0 aliphatic carbocycles. The Morgan fingerprint density at radius 3 is 1.72 bits per heavy atom. The maximum atomic E-state index is 15.5. The molecule has 0 spiro atoms. The first-order valence-electron chi connectivity index (χ1n) is 13.4. The monoisotopic (exact) mass is 582 g/mol. The van der Waals surface area contributed by atoms with Gasteiger partial charge in [0.15, 0.2) is 0 Å². The number of hydrogen-bond acceptors (Lipinski definition) is 1. The molecule has 0 amide bonds. The SMILES string of the molecule is Cc1cc2ccccc2n1-c1cc(F)cc(N(c2ccc(C(C)(C)C)cc2)c2ccc(C(C)(C)C)cc2)c1Br. The van der Waals surface area contributed by atoms with E-state index in [1.165, 1.54) is 11.1 Å². The molecule has 0 saturated heterocycles. The van der Waals surface area contributed by atoms with Crippen molar-refractivity contribution in [3.63, 3.8) is 0 Å². The third kappa shape index (κ3) is 5.27. The Morgan fingerprint density at radius 1 is 0.692 bits per heavy atom. The summed E-state index contributed by atoms with van der Waals surface area (Å²) >= 11 is 3.92. The van der Waals surface area contributed by atoms with Gasteiger partial charge in [0.25, 0.3) is 0 Å². The minimum Gasteiger partial charge on any atom is -0.313 e. The molecule has 0 fully saturated rings. The minimum atomic E-state index is -0.289. The van der Waals surface area contributed by atoms with Crippen molar-refractivity contribution in [2.45, 2.75) is 59.3 Å². The zero-order chi connectivity index (χ0) is 28.1. The second-order valence-electron chi connectivity index (χ2n) is 12.4. The van der Waals surface area contributed by atoms with E-state index in [1.807, 2.05) is 12.1 Å². The summed E-state index contributed by atoms with van der Waals surface area (Å²) in [7, 11) is 0. The average Bonchev–Trinajstić information content (AvgIpc) is 3.21. The molecule has 4 heteroatoms. The molecule has 0 unspecified atom stereocenters. The zero-order valence-electron chi connectivity index (χ0n) is 23.8. The quantitative estimate of drug-likeness (QED) is 0.204. The maximum Gasteiger partial charge on any atom is 0.127 e. The molecule has 5 rings (SSSR count). The Hall–Kier alpha value is -3.37. The van der Waals surface area contributed by atoms with Crippen molar-refractivity contribution in [2.24, 2.45) is 0 Å². The van der Waals surface area contributed by atoms with Gasteiger partial charge < -0.3 is 9.47 Å². The van der Waals surface area contributed by atoms with Gasteiger partial charge in [0.2, 0.25) is 0 Å². The van der Waals surface area contributed by atoms with Crippen LogP contribution in [0.4, 0.5) is 21.5 Å². The standard InChI is InChI=1S/C35H36BrFN2/c1-23-20-24-10-8-9-11-30(24)38(23)31-21-27(37)22-32(33(31)36)39(28-16-12-25(13-17-28)34(2,3)4)29-18-14-26(15-19-29)35(5,6)7/h8-22H,1-7H3. The van der Waals surface area contributed by atoms with Gasteiger partial charge in [-0.2, -0.15) is 0 Å². The smallest absolute Gasteiger partial charge is 0.127 e. The molecule has 39 heavy (non-hydrogen) atoms. The second-order valence-corrected chi connectivity index (χ2v) is 13.2. The average molecular weight is 584 g/mol. The van der Waals surface area contributed by atoms with Gasteiger partial charge in [-0.15, -0.1) is 0 Å². The van der Waals surface area contributed by atoms with Crippen molar-refractivity contribution in [3.05, 3.63) is 118 Å². The highest BCUT2D eigenvalue weighted by molar-refractivity contribution is 9.10. The summed E-state index contributed by atoms with van der Waals surface area (Å²) in [5.74, 6) is -0.289. The number of rotatable bonds is 4. The second kappa shape index (κ2) is 9.98. The summed E-state index contributed by atoms with van der Waals surface area (Å²) in [6.45, 7) is 15.3. The van der Waals surface area contributed by atoms with E-state index in [-0.39, 0.29) is 16.6 Å². The maximum absolute atomic E-state index is 15.5. The Labute approximate surface area is 240 Å². The molecule has 0 saturated carbocycles. The molecular formula is C35H36BrFN2. The van der Waals surface area contributed by atoms with E-state index < -0.39 is 0 Å². The van der Waals surface area contributed by atoms with Gasteiger partial charge in [0.1, 0.15) is 5.82 Å². The van der Waals surface area contributed by atoms with Crippen LogP contribution >= 0.6 is 15.9 Å². The summed E-state index contributed by atoms with van der Waals surface area (Å²) < 4.78 is 18.5. The lowest BCUT2D eigenvalue weighted by Crippen LogP contribution is -2.15. The first-order valence-corrected chi connectivity index (χ1v) is 14.2. The summed E-state index contributed by atoms with van der Waals surface area (Å²) in [4.78, 5) is 2.14. The third-order valence-electron chi connectivity index (χ3n) is 7.36. The van der Waals surface area contributed by atoms with Crippen LogP contribution in [0, 0.1) is 12.7 Å². The van der Waals surface area contributed by atoms with Crippen LogP contribution in [0.2, 0.25) is 0 Å². The molecule has 4 aromatic carbocycles. The summed E-state index contributed by atoms with van der Waals surface area (Å²) in [6.07, 6.45) is 0. The number of aryl methyl sites for hydroxylation is 1. The number of halogens is 2. The summed E-state index contributed by atoms with van der Waals surface area (Å²) in [5, 5.41) is 1.13. The number of nitrogens with zero attached hydrogens (tertiary/aromatic N) is 2. The van der Waals surface area contributed by atoms with Crippen LogP contribution in [0.3, 0.4) is 0 Å². The normalized spacial score (nSPS) is 12.2. The zero-order valence-corrected chi connectivity index (χ0v) is 25.4. The molecule has 5 aromatic rings. The highest BCUT2D eigenvalue weighted by Gasteiger charge is 2.23. The van der Waals surface area contributed by atoms with Crippen molar-refractivity contribution >= 4 is 43.9 Å². The van der Waals surface area contributed by atoms with Crippen molar-refractivity contribution in [2.75, 3.05) is 4.90 Å². The van der Waals surface area contributed by atoms with Crippen LogP contribution in [0.15, 0.2) is 95.5 Å². The summed E-state index contributed by atoms with van der Waals surface area (Å²) in [5.41, 5.74) is 8.13. The van der Waals surface area contributed by atoms with Crippen LogP contribution in [0.1, 0.15) is 58.4 Å².